The lowest BCUT2D eigenvalue weighted by molar-refractivity contribution is -0.126. The number of sulfonamides is 1. The average molecular weight is 465 g/mol. The van der Waals surface area contributed by atoms with Crippen LogP contribution >= 0.6 is 0 Å². The van der Waals surface area contributed by atoms with Crippen LogP contribution in [0.4, 0.5) is 0 Å². The first-order valence-corrected chi connectivity index (χ1v) is 11.9. The van der Waals surface area contributed by atoms with Crippen LogP contribution in [0.25, 0.3) is 0 Å². The Kier molecular flexibility index (Phi) is 7.52. The third-order valence-electron chi connectivity index (χ3n) is 5.44. The van der Waals surface area contributed by atoms with Crippen molar-refractivity contribution in [1.82, 2.24) is 20.1 Å². The molecule has 1 aromatic carbocycles. The first-order valence-electron chi connectivity index (χ1n) is 10.5. The van der Waals surface area contributed by atoms with Crippen LogP contribution in [0.15, 0.2) is 33.7 Å². The Hall–Kier alpha value is -2.92. The lowest BCUT2D eigenvalue weighted by Crippen LogP contribution is -2.43. The van der Waals surface area contributed by atoms with Gasteiger partial charge in [0.1, 0.15) is 16.3 Å². The molecule has 1 saturated heterocycles. The number of nitrogens with zero attached hydrogens (tertiary/aromatic N) is 2. The van der Waals surface area contributed by atoms with Crippen molar-refractivity contribution in [2.75, 3.05) is 26.2 Å². The zero-order valence-electron chi connectivity index (χ0n) is 18.1. The maximum atomic E-state index is 12.9. The molecule has 1 fully saturated rings. The fourth-order valence-corrected chi connectivity index (χ4v) is 5.49. The monoisotopic (exact) mass is 464 g/mol. The second-order valence-electron chi connectivity index (χ2n) is 7.78. The molecule has 174 valence electrons. The molecule has 0 saturated carbocycles. The van der Waals surface area contributed by atoms with Gasteiger partial charge in [0.2, 0.25) is 15.9 Å². The predicted octanol–water partition coefficient (Wildman–Crippen LogP) is 1.33. The number of aromatic hydroxyl groups is 1. The maximum absolute atomic E-state index is 12.9. The van der Waals surface area contributed by atoms with Crippen LogP contribution in [-0.4, -0.2) is 61.0 Å². The largest absolute Gasteiger partial charge is 0.508 e. The number of hydrogen-bond donors (Lipinski definition) is 3. The summed E-state index contributed by atoms with van der Waals surface area (Å²) < 4.78 is 32.1. The summed E-state index contributed by atoms with van der Waals surface area (Å²) in [6, 6.07) is 6.07. The molecule has 3 N–H and O–H groups in total. The molecule has 0 aliphatic carbocycles. The van der Waals surface area contributed by atoms with E-state index in [9.17, 15) is 23.1 Å². The Balaban J connectivity index is 1.39. The highest BCUT2D eigenvalue weighted by atomic mass is 32.2. The summed E-state index contributed by atoms with van der Waals surface area (Å²) in [6.07, 6.45) is 1.42. The van der Waals surface area contributed by atoms with E-state index < -0.39 is 10.0 Å². The molecule has 2 amide bonds. The molecule has 11 heteroatoms. The summed E-state index contributed by atoms with van der Waals surface area (Å²) in [6.45, 7) is 4.45. The van der Waals surface area contributed by atoms with E-state index in [2.05, 4.69) is 15.8 Å². The van der Waals surface area contributed by atoms with E-state index in [0.29, 0.717) is 43.6 Å². The van der Waals surface area contributed by atoms with Crippen LogP contribution in [0.2, 0.25) is 0 Å². The minimum absolute atomic E-state index is 0.0236. The number of carbonyl (C=O) groups excluding carboxylic acids is 2. The van der Waals surface area contributed by atoms with Crippen LogP contribution in [0.5, 0.6) is 5.75 Å². The molecule has 32 heavy (non-hydrogen) atoms. The molecule has 1 aromatic heterocycles. The number of phenolic OH excluding ortho intramolecular Hbond substituents is 1. The van der Waals surface area contributed by atoms with Gasteiger partial charge in [-0.05, 0) is 51.3 Å². The summed E-state index contributed by atoms with van der Waals surface area (Å²) in [5, 5.41) is 18.7. The van der Waals surface area contributed by atoms with Gasteiger partial charge in [0, 0.05) is 37.7 Å². The maximum Gasteiger partial charge on any atom is 0.251 e. The van der Waals surface area contributed by atoms with Gasteiger partial charge in [-0.25, -0.2) is 8.42 Å². The van der Waals surface area contributed by atoms with Crippen LogP contribution in [0.1, 0.15) is 41.1 Å². The van der Waals surface area contributed by atoms with E-state index in [0.717, 1.165) is 0 Å². The Morgan fingerprint density at radius 3 is 2.50 bits per heavy atom. The summed E-state index contributed by atoms with van der Waals surface area (Å²) >= 11 is 0. The highest BCUT2D eigenvalue weighted by Gasteiger charge is 2.35. The number of hydrogen-bond acceptors (Lipinski definition) is 7. The summed E-state index contributed by atoms with van der Waals surface area (Å²) in [4.78, 5) is 24.5. The number of nitrogens with one attached hydrogen (secondary N) is 2. The fourth-order valence-electron chi connectivity index (χ4n) is 3.73. The molecule has 0 bridgehead atoms. The molecule has 1 aliphatic rings. The number of rotatable bonds is 8. The van der Waals surface area contributed by atoms with E-state index in [4.69, 9.17) is 4.52 Å². The van der Waals surface area contributed by atoms with Gasteiger partial charge in [-0.1, -0.05) is 11.2 Å². The third-order valence-corrected chi connectivity index (χ3v) is 7.58. The quantitative estimate of drug-likeness (QED) is 0.500. The van der Waals surface area contributed by atoms with E-state index in [1.54, 1.807) is 26.0 Å². The standard InChI is InChI=1S/C21H28N4O6S/c1-14-19(15(2)31-24-14)32(29,30)25-11-7-16(8-12-25)20(27)22-9-4-10-23-21(28)17-5-3-6-18(26)13-17/h3,5-6,13,16,26H,4,7-12H2,1-2H3,(H,22,27)(H,23,28). The Bertz CT molecular complexity index is 1050. The highest BCUT2D eigenvalue weighted by molar-refractivity contribution is 7.89. The Morgan fingerprint density at radius 1 is 1.19 bits per heavy atom. The van der Waals surface area contributed by atoms with Gasteiger partial charge in [0.15, 0.2) is 5.76 Å². The Labute approximate surface area is 187 Å². The molecule has 2 heterocycles. The number of piperidine rings is 1. The zero-order chi connectivity index (χ0) is 23.3. The van der Waals surface area contributed by atoms with Crippen molar-refractivity contribution in [3.05, 3.63) is 41.3 Å². The van der Waals surface area contributed by atoms with E-state index in [1.807, 2.05) is 0 Å². The first-order chi connectivity index (χ1) is 15.2. The fraction of sp³-hybridized carbons (Fsp3) is 0.476. The molecule has 3 rings (SSSR count). The van der Waals surface area contributed by atoms with Crippen molar-refractivity contribution >= 4 is 21.8 Å². The molecule has 0 unspecified atom stereocenters. The van der Waals surface area contributed by atoms with Crippen molar-refractivity contribution in [1.29, 1.82) is 0 Å². The topological polar surface area (TPSA) is 142 Å². The van der Waals surface area contributed by atoms with Gasteiger partial charge in [-0.2, -0.15) is 4.31 Å². The molecule has 0 atom stereocenters. The lowest BCUT2D eigenvalue weighted by Gasteiger charge is -2.30. The van der Waals surface area contributed by atoms with Crippen molar-refractivity contribution in [3.8, 4) is 5.75 Å². The van der Waals surface area contributed by atoms with Crippen LogP contribution in [0, 0.1) is 19.8 Å². The molecule has 0 radical (unpaired) electrons. The van der Waals surface area contributed by atoms with Gasteiger partial charge in [0.05, 0.1) is 0 Å². The number of aromatic nitrogens is 1. The highest BCUT2D eigenvalue weighted by Crippen LogP contribution is 2.27. The summed E-state index contributed by atoms with van der Waals surface area (Å²) in [5.41, 5.74) is 0.700. The van der Waals surface area contributed by atoms with Gasteiger partial charge >= 0.3 is 0 Å². The molecule has 1 aliphatic heterocycles. The lowest BCUT2D eigenvalue weighted by atomic mass is 9.97. The van der Waals surface area contributed by atoms with Gasteiger partial charge in [-0.3, -0.25) is 9.59 Å². The second-order valence-corrected chi connectivity index (χ2v) is 9.66. The normalized spacial score (nSPS) is 15.4. The minimum Gasteiger partial charge on any atom is -0.508 e. The number of carbonyl (C=O) groups is 2. The average Bonchev–Trinajstić information content (AvgIpc) is 3.12. The second kappa shape index (κ2) is 10.1. The Morgan fingerprint density at radius 2 is 1.88 bits per heavy atom. The summed E-state index contributed by atoms with van der Waals surface area (Å²) in [5.74, 6) is -0.375. The molecule has 2 aromatic rings. The van der Waals surface area contributed by atoms with Gasteiger partial charge in [0.25, 0.3) is 5.91 Å². The van der Waals surface area contributed by atoms with E-state index in [1.165, 1.54) is 16.4 Å². The molecule has 0 spiro atoms. The van der Waals surface area contributed by atoms with Gasteiger partial charge in [-0.15, -0.1) is 0 Å². The number of aryl methyl sites for hydroxylation is 2. The predicted molar refractivity (Wildman–Crippen MR) is 116 cm³/mol. The van der Waals surface area contributed by atoms with Gasteiger partial charge < -0.3 is 20.3 Å². The van der Waals surface area contributed by atoms with E-state index in [-0.39, 0.29) is 47.2 Å². The first kappa shape index (κ1) is 23.7. The third kappa shape index (κ3) is 5.46. The van der Waals surface area contributed by atoms with Crippen molar-refractivity contribution in [2.45, 2.75) is 38.0 Å². The number of benzene rings is 1. The number of phenols is 1. The van der Waals surface area contributed by atoms with Crippen molar-refractivity contribution < 1.29 is 27.6 Å². The molecule has 10 nitrogen and oxygen atoms in total. The minimum atomic E-state index is -3.70. The van der Waals surface area contributed by atoms with E-state index >= 15 is 0 Å². The SMILES string of the molecule is Cc1noc(C)c1S(=O)(=O)N1CCC(C(=O)NCCCNC(=O)c2cccc(O)c2)CC1. The van der Waals surface area contributed by atoms with Crippen LogP contribution < -0.4 is 10.6 Å². The molecular weight excluding hydrogens is 436 g/mol. The van der Waals surface area contributed by atoms with Crippen molar-refractivity contribution in [3.63, 3.8) is 0 Å². The zero-order valence-corrected chi connectivity index (χ0v) is 18.9. The van der Waals surface area contributed by atoms with Crippen molar-refractivity contribution in [2.24, 2.45) is 5.92 Å². The molecular formula is C21H28N4O6S. The van der Waals surface area contributed by atoms with Crippen LogP contribution in [0.3, 0.4) is 0 Å². The summed E-state index contributed by atoms with van der Waals surface area (Å²) in [7, 11) is -3.70. The van der Waals surface area contributed by atoms with Crippen LogP contribution in [-0.2, 0) is 14.8 Å². The number of amides is 2. The smallest absolute Gasteiger partial charge is 0.251 e.